The number of benzene rings is 1. The van der Waals surface area contributed by atoms with Crippen LogP contribution in [0.15, 0.2) is 30.6 Å². The van der Waals surface area contributed by atoms with Crippen LogP contribution >= 0.6 is 0 Å². The molecule has 126 valence electrons. The molecule has 2 atom stereocenters. The van der Waals surface area contributed by atoms with E-state index in [9.17, 15) is 9.59 Å². The summed E-state index contributed by atoms with van der Waals surface area (Å²) < 4.78 is 5.22. The van der Waals surface area contributed by atoms with Crippen LogP contribution in [0.25, 0.3) is 11.0 Å². The van der Waals surface area contributed by atoms with Crippen molar-refractivity contribution in [2.24, 2.45) is 11.8 Å². The van der Waals surface area contributed by atoms with Crippen molar-refractivity contribution >= 4 is 22.9 Å². The zero-order chi connectivity index (χ0) is 17.1. The van der Waals surface area contributed by atoms with Crippen LogP contribution in [-0.2, 0) is 9.53 Å². The molecule has 0 bridgehead atoms. The number of hydrogen-bond acceptors (Lipinski definition) is 5. The van der Waals surface area contributed by atoms with Crippen LogP contribution in [0.4, 0.5) is 0 Å². The molecule has 6 heteroatoms. The molecule has 3 rings (SSSR count). The molecule has 6 nitrogen and oxygen atoms in total. The van der Waals surface area contributed by atoms with Gasteiger partial charge in [0.05, 0.1) is 11.1 Å². The molecule has 2 unspecified atom stereocenters. The van der Waals surface area contributed by atoms with Gasteiger partial charge >= 0.3 is 5.97 Å². The van der Waals surface area contributed by atoms with Crippen molar-refractivity contribution < 1.29 is 14.3 Å². The van der Waals surface area contributed by atoms with Crippen molar-refractivity contribution in [1.82, 2.24) is 14.9 Å². The third kappa shape index (κ3) is 3.53. The number of piperidine rings is 1. The van der Waals surface area contributed by atoms with Gasteiger partial charge in [-0.05, 0) is 30.4 Å². The Labute approximate surface area is 140 Å². The molecule has 2 heterocycles. The minimum Gasteiger partial charge on any atom is -0.452 e. The molecule has 1 aliphatic rings. The number of fused-ring (bicyclic) bond motifs is 1. The average Bonchev–Trinajstić information content (AvgIpc) is 2.58. The first-order chi connectivity index (χ1) is 11.5. The van der Waals surface area contributed by atoms with Crippen LogP contribution < -0.4 is 0 Å². The van der Waals surface area contributed by atoms with Gasteiger partial charge in [-0.1, -0.05) is 19.9 Å². The summed E-state index contributed by atoms with van der Waals surface area (Å²) in [5, 5.41) is 0. The highest BCUT2D eigenvalue weighted by molar-refractivity contribution is 6.02. The lowest BCUT2D eigenvalue weighted by molar-refractivity contribution is -0.137. The summed E-state index contributed by atoms with van der Waals surface area (Å²) in [5.74, 6) is 0.254. The van der Waals surface area contributed by atoms with Crippen LogP contribution in [0, 0.1) is 11.8 Å². The summed E-state index contributed by atoms with van der Waals surface area (Å²) in [7, 11) is 0. The van der Waals surface area contributed by atoms with Crippen molar-refractivity contribution in [2.75, 3.05) is 19.7 Å². The molecule has 1 aliphatic heterocycles. The van der Waals surface area contributed by atoms with E-state index in [-0.39, 0.29) is 12.5 Å². The van der Waals surface area contributed by atoms with Crippen molar-refractivity contribution in [1.29, 1.82) is 0 Å². The predicted molar refractivity (Wildman–Crippen MR) is 89.3 cm³/mol. The van der Waals surface area contributed by atoms with Gasteiger partial charge in [0.2, 0.25) is 0 Å². The monoisotopic (exact) mass is 327 g/mol. The molecule has 2 aromatic rings. The van der Waals surface area contributed by atoms with Gasteiger partial charge in [-0.2, -0.15) is 0 Å². The minimum absolute atomic E-state index is 0.145. The number of nitrogens with zero attached hydrogens (tertiary/aromatic N) is 3. The zero-order valence-electron chi connectivity index (χ0n) is 13.9. The Morgan fingerprint density at radius 2 is 1.88 bits per heavy atom. The second-order valence-corrected chi connectivity index (χ2v) is 6.55. The van der Waals surface area contributed by atoms with Gasteiger partial charge in [-0.3, -0.25) is 14.8 Å². The van der Waals surface area contributed by atoms with Crippen LogP contribution in [-0.4, -0.2) is 46.4 Å². The van der Waals surface area contributed by atoms with E-state index in [1.54, 1.807) is 29.3 Å². The number of carbonyl (C=O) groups is 2. The fourth-order valence-corrected chi connectivity index (χ4v) is 3.32. The van der Waals surface area contributed by atoms with E-state index in [0.29, 0.717) is 28.4 Å². The number of rotatable bonds is 3. The highest BCUT2D eigenvalue weighted by Crippen LogP contribution is 2.21. The molecule has 1 amide bonds. The summed E-state index contributed by atoms with van der Waals surface area (Å²) in [6, 6.07) is 5.14. The second-order valence-electron chi connectivity index (χ2n) is 6.55. The van der Waals surface area contributed by atoms with Gasteiger partial charge in [-0.15, -0.1) is 0 Å². The first-order valence-corrected chi connectivity index (χ1v) is 8.19. The van der Waals surface area contributed by atoms with E-state index in [0.717, 1.165) is 19.5 Å². The summed E-state index contributed by atoms with van der Waals surface area (Å²) in [6.07, 6.45) is 4.22. The first kappa shape index (κ1) is 16.4. The Morgan fingerprint density at radius 1 is 1.17 bits per heavy atom. The quantitative estimate of drug-likeness (QED) is 0.809. The van der Waals surface area contributed by atoms with Crippen molar-refractivity contribution in [3.8, 4) is 0 Å². The van der Waals surface area contributed by atoms with E-state index < -0.39 is 5.97 Å². The lowest BCUT2D eigenvalue weighted by Gasteiger charge is -2.34. The van der Waals surface area contributed by atoms with Gasteiger partial charge < -0.3 is 9.64 Å². The highest BCUT2D eigenvalue weighted by atomic mass is 16.5. The molecule has 0 saturated carbocycles. The summed E-state index contributed by atoms with van der Waals surface area (Å²) in [6.45, 7) is 5.48. The second kappa shape index (κ2) is 6.95. The number of aromatic nitrogens is 2. The standard InChI is InChI=1S/C18H21N3O3/c1-12-8-13(2)10-21(9-12)16(22)11-24-18(23)14-4-3-5-15-17(14)20-7-6-19-15/h3-7,12-13H,8-11H2,1-2H3. The van der Waals surface area contributed by atoms with Crippen LogP contribution in [0.3, 0.4) is 0 Å². The number of ether oxygens (including phenoxy) is 1. The zero-order valence-corrected chi connectivity index (χ0v) is 13.9. The Morgan fingerprint density at radius 3 is 2.62 bits per heavy atom. The maximum absolute atomic E-state index is 12.3. The summed E-state index contributed by atoms with van der Waals surface area (Å²) in [5.41, 5.74) is 1.43. The Kier molecular flexibility index (Phi) is 4.74. The predicted octanol–water partition coefficient (Wildman–Crippen LogP) is 2.29. The molecule has 0 radical (unpaired) electrons. The van der Waals surface area contributed by atoms with Crippen molar-refractivity contribution in [3.05, 3.63) is 36.2 Å². The molecule has 1 aromatic heterocycles. The Bertz CT molecular complexity index is 747. The topological polar surface area (TPSA) is 72.4 Å². The molecular formula is C18H21N3O3. The number of amides is 1. The molecule has 0 spiro atoms. The number of carbonyl (C=O) groups excluding carboxylic acids is 2. The Hall–Kier alpha value is -2.50. The molecule has 1 fully saturated rings. The average molecular weight is 327 g/mol. The fourth-order valence-electron chi connectivity index (χ4n) is 3.32. The SMILES string of the molecule is CC1CC(C)CN(C(=O)COC(=O)c2cccc3nccnc23)C1. The van der Waals surface area contributed by atoms with E-state index in [1.807, 2.05) is 0 Å². The van der Waals surface area contributed by atoms with E-state index in [4.69, 9.17) is 4.74 Å². The van der Waals surface area contributed by atoms with E-state index >= 15 is 0 Å². The lowest BCUT2D eigenvalue weighted by atomic mass is 9.92. The van der Waals surface area contributed by atoms with Gasteiger partial charge in [0.1, 0.15) is 5.52 Å². The molecule has 24 heavy (non-hydrogen) atoms. The fraction of sp³-hybridized carbons (Fsp3) is 0.444. The van der Waals surface area contributed by atoms with Crippen LogP contribution in [0.5, 0.6) is 0 Å². The summed E-state index contributed by atoms with van der Waals surface area (Å²) in [4.78, 5) is 34.8. The van der Waals surface area contributed by atoms with Gasteiger partial charge in [0.15, 0.2) is 6.61 Å². The van der Waals surface area contributed by atoms with E-state index in [2.05, 4.69) is 23.8 Å². The van der Waals surface area contributed by atoms with Crippen molar-refractivity contribution in [3.63, 3.8) is 0 Å². The highest BCUT2D eigenvalue weighted by Gasteiger charge is 2.26. The van der Waals surface area contributed by atoms with E-state index in [1.165, 1.54) is 6.20 Å². The first-order valence-electron chi connectivity index (χ1n) is 8.19. The molecule has 1 saturated heterocycles. The largest absolute Gasteiger partial charge is 0.452 e. The molecule has 0 aliphatic carbocycles. The molecule has 1 aromatic carbocycles. The summed E-state index contributed by atoms with van der Waals surface area (Å²) >= 11 is 0. The number of para-hydroxylation sites is 1. The maximum atomic E-state index is 12.3. The van der Waals surface area contributed by atoms with Crippen LogP contribution in [0.1, 0.15) is 30.6 Å². The Balaban J connectivity index is 1.65. The number of esters is 1. The number of likely N-dealkylation sites (tertiary alicyclic amines) is 1. The molecular weight excluding hydrogens is 306 g/mol. The smallest absolute Gasteiger partial charge is 0.340 e. The van der Waals surface area contributed by atoms with Crippen molar-refractivity contribution in [2.45, 2.75) is 20.3 Å². The number of hydrogen-bond donors (Lipinski definition) is 0. The minimum atomic E-state index is -0.549. The molecule has 0 N–H and O–H groups in total. The third-order valence-electron chi connectivity index (χ3n) is 4.27. The lowest BCUT2D eigenvalue weighted by Crippen LogP contribution is -2.44. The van der Waals surface area contributed by atoms with Gasteiger partial charge in [0, 0.05) is 25.5 Å². The maximum Gasteiger partial charge on any atom is 0.340 e. The normalized spacial score (nSPS) is 20.8. The van der Waals surface area contributed by atoms with Gasteiger partial charge in [-0.25, -0.2) is 4.79 Å². The van der Waals surface area contributed by atoms with Crippen LogP contribution in [0.2, 0.25) is 0 Å². The van der Waals surface area contributed by atoms with Gasteiger partial charge in [0.25, 0.3) is 5.91 Å². The third-order valence-corrected chi connectivity index (χ3v) is 4.27.